The van der Waals surface area contributed by atoms with Gasteiger partial charge in [0.2, 0.25) is 10.0 Å². The number of benzene rings is 1. The van der Waals surface area contributed by atoms with Crippen LogP contribution in [-0.4, -0.2) is 15.0 Å². The summed E-state index contributed by atoms with van der Waals surface area (Å²) in [6.07, 6.45) is 5.07. The van der Waals surface area contributed by atoms with E-state index in [0.717, 1.165) is 0 Å². The van der Waals surface area contributed by atoms with Crippen molar-refractivity contribution in [1.82, 2.24) is 0 Å². The maximum absolute atomic E-state index is 11.2. The molecule has 0 aliphatic rings. The molecule has 0 amide bonds. The number of sulfonamides is 1. The molecule has 0 aliphatic carbocycles. The quantitative estimate of drug-likeness (QED) is 0.799. The first-order valence-corrected chi connectivity index (χ1v) is 6.11. The number of terminal acetylenes is 1. The molecule has 1 aromatic carbocycles. The molecule has 0 spiro atoms. The van der Waals surface area contributed by atoms with Gasteiger partial charge in [0.1, 0.15) is 12.4 Å². The highest BCUT2D eigenvalue weighted by Crippen LogP contribution is 2.24. The van der Waals surface area contributed by atoms with Crippen molar-refractivity contribution in [1.29, 1.82) is 0 Å². The molecule has 0 aromatic heterocycles. The first-order chi connectivity index (χ1) is 7.36. The van der Waals surface area contributed by atoms with E-state index in [2.05, 4.69) is 5.92 Å². The number of nitrogens with two attached hydrogens (primary N) is 1. The SMILES string of the molecule is C#CCOc1cc(C)c(S(N)(=O)=O)cc1C. The molecule has 0 fully saturated rings. The van der Waals surface area contributed by atoms with E-state index in [-0.39, 0.29) is 11.5 Å². The van der Waals surface area contributed by atoms with E-state index in [1.807, 2.05) is 0 Å². The molecular formula is C11H13NO3S. The summed E-state index contributed by atoms with van der Waals surface area (Å²) in [7, 11) is -3.69. The van der Waals surface area contributed by atoms with Crippen molar-refractivity contribution < 1.29 is 13.2 Å². The van der Waals surface area contributed by atoms with E-state index in [0.29, 0.717) is 16.9 Å². The number of primary sulfonamides is 1. The highest BCUT2D eigenvalue weighted by molar-refractivity contribution is 7.89. The van der Waals surface area contributed by atoms with Crippen LogP contribution < -0.4 is 9.88 Å². The topological polar surface area (TPSA) is 69.4 Å². The molecule has 16 heavy (non-hydrogen) atoms. The van der Waals surface area contributed by atoms with Gasteiger partial charge in [-0.15, -0.1) is 6.42 Å². The highest BCUT2D eigenvalue weighted by Gasteiger charge is 2.14. The molecule has 0 radical (unpaired) electrons. The predicted molar refractivity (Wildman–Crippen MR) is 61.6 cm³/mol. The third-order valence-electron chi connectivity index (χ3n) is 2.09. The zero-order valence-electron chi connectivity index (χ0n) is 9.15. The van der Waals surface area contributed by atoms with Crippen molar-refractivity contribution in [3.63, 3.8) is 0 Å². The van der Waals surface area contributed by atoms with Crippen molar-refractivity contribution in [3.05, 3.63) is 23.3 Å². The minimum absolute atomic E-state index is 0.109. The van der Waals surface area contributed by atoms with E-state index < -0.39 is 10.0 Å². The fourth-order valence-corrected chi connectivity index (χ4v) is 2.19. The van der Waals surface area contributed by atoms with Gasteiger partial charge in [0.15, 0.2) is 0 Å². The normalized spacial score (nSPS) is 10.9. The summed E-state index contributed by atoms with van der Waals surface area (Å²) in [5.74, 6) is 2.91. The monoisotopic (exact) mass is 239 g/mol. The van der Waals surface area contributed by atoms with Crippen LogP contribution >= 0.6 is 0 Å². The third kappa shape index (κ3) is 2.75. The van der Waals surface area contributed by atoms with Crippen LogP contribution in [0.3, 0.4) is 0 Å². The number of hydrogen-bond donors (Lipinski definition) is 1. The van der Waals surface area contributed by atoms with Crippen LogP contribution in [0.4, 0.5) is 0 Å². The number of ether oxygens (including phenoxy) is 1. The fraction of sp³-hybridized carbons (Fsp3) is 0.273. The zero-order valence-corrected chi connectivity index (χ0v) is 9.97. The van der Waals surface area contributed by atoms with Gasteiger partial charge >= 0.3 is 0 Å². The van der Waals surface area contributed by atoms with Crippen LogP contribution in [0.2, 0.25) is 0 Å². The summed E-state index contributed by atoms with van der Waals surface area (Å²) in [4.78, 5) is 0.109. The Labute approximate surface area is 95.5 Å². The first kappa shape index (κ1) is 12.6. The van der Waals surface area contributed by atoms with E-state index in [1.54, 1.807) is 19.9 Å². The Hall–Kier alpha value is -1.51. The molecule has 0 aliphatic heterocycles. The smallest absolute Gasteiger partial charge is 0.238 e. The molecule has 1 rings (SSSR count). The van der Waals surface area contributed by atoms with Crippen LogP contribution in [0.5, 0.6) is 5.75 Å². The Kier molecular flexibility index (Phi) is 3.58. The fourth-order valence-electron chi connectivity index (χ4n) is 1.34. The summed E-state index contributed by atoms with van der Waals surface area (Å²) < 4.78 is 27.7. The van der Waals surface area contributed by atoms with Crippen molar-refractivity contribution >= 4 is 10.0 Å². The molecule has 2 N–H and O–H groups in total. The minimum atomic E-state index is -3.69. The van der Waals surface area contributed by atoms with Gasteiger partial charge in [-0.25, -0.2) is 13.6 Å². The maximum atomic E-state index is 11.2. The Bertz CT molecular complexity index is 541. The van der Waals surface area contributed by atoms with E-state index in [4.69, 9.17) is 16.3 Å². The lowest BCUT2D eigenvalue weighted by Crippen LogP contribution is -2.14. The lowest BCUT2D eigenvalue weighted by Gasteiger charge is -2.10. The summed E-state index contributed by atoms with van der Waals surface area (Å²) in [5, 5.41) is 5.08. The maximum Gasteiger partial charge on any atom is 0.238 e. The highest BCUT2D eigenvalue weighted by atomic mass is 32.2. The summed E-state index contributed by atoms with van der Waals surface area (Å²) in [6.45, 7) is 3.54. The van der Waals surface area contributed by atoms with Gasteiger partial charge in [-0.1, -0.05) is 5.92 Å². The molecule has 86 valence electrons. The average Bonchev–Trinajstić information content (AvgIpc) is 2.17. The van der Waals surface area contributed by atoms with Crippen molar-refractivity contribution in [3.8, 4) is 18.1 Å². The van der Waals surface area contributed by atoms with Gasteiger partial charge in [0.05, 0.1) is 4.90 Å². The van der Waals surface area contributed by atoms with Crippen LogP contribution in [0.15, 0.2) is 17.0 Å². The molecule has 5 heteroatoms. The van der Waals surface area contributed by atoms with Gasteiger partial charge in [0.25, 0.3) is 0 Å². The first-order valence-electron chi connectivity index (χ1n) is 4.56. The molecular weight excluding hydrogens is 226 g/mol. The summed E-state index contributed by atoms with van der Waals surface area (Å²) >= 11 is 0. The minimum Gasteiger partial charge on any atom is -0.481 e. The second-order valence-corrected chi connectivity index (χ2v) is 4.95. The van der Waals surface area contributed by atoms with Gasteiger partial charge < -0.3 is 4.74 Å². The molecule has 1 aromatic rings. The number of aryl methyl sites for hydroxylation is 2. The van der Waals surface area contributed by atoms with Gasteiger partial charge in [-0.2, -0.15) is 0 Å². The number of rotatable bonds is 3. The van der Waals surface area contributed by atoms with Crippen LogP contribution in [0.1, 0.15) is 11.1 Å². The lowest BCUT2D eigenvalue weighted by atomic mass is 10.1. The molecule has 0 heterocycles. The molecule has 4 nitrogen and oxygen atoms in total. The summed E-state index contributed by atoms with van der Waals surface area (Å²) in [5.41, 5.74) is 1.23. The van der Waals surface area contributed by atoms with Crippen LogP contribution in [-0.2, 0) is 10.0 Å². The Morgan fingerprint density at radius 2 is 2.00 bits per heavy atom. The van der Waals surface area contributed by atoms with E-state index in [1.165, 1.54) is 6.07 Å². The van der Waals surface area contributed by atoms with Crippen LogP contribution in [0.25, 0.3) is 0 Å². The number of hydrogen-bond acceptors (Lipinski definition) is 3. The molecule has 0 atom stereocenters. The second-order valence-electron chi connectivity index (χ2n) is 3.42. The molecule has 0 bridgehead atoms. The summed E-state index contributed by atoms with van der Waals surface area (Å²) in [6, 6.07) is 3.10. The largest absolute Gasteiger partial charge is 0.481 e. The van der Waals surface area contributed by atoms with Crippen LogP contribution in [0, 0.1) is 26.2 Å². The van der Waals surface area contributed by atoms with Crippen molar-refractivity contribution in [2.24, 2.45) is 5.14 Å². The molecule has 0 saturated heterocycles. The lowest BCUT2D eigenvalue weighted by molar-refractivity contribution is 0.367. The van der Waals surface area contributed by atoms with Gasteiger partial charge in [-0.05, 0) is 37.1 Å². The Morgan fingerprint density at radius 3 is 2.50 bits per heavy atom. The predicted octanol–water partition coefficient (Wildman–Crippen LogP) is 0.963. The van der Waals surface area contributed by atoms with E-state index in [9.17, 15) is 8.42 Å². The second kappa shape index (κ2) is 4.56. The van der Waals surface area contributed by atoms with E-state index >= 15 is 0 Å². The van der Waals surface area contributed by atoms with Gasteiger partial charge in [0, 0.05) is 0 Å². The van der Waals surface area contributed by atoms with Crippen molar-refractivity contribution in [2.75, 3.05) is 6.61 Å². The zero-order chi connectivity index (χ0) is 12.3. The standard InChI is InChI=1S/C11H13NO3S/c1-4-5-15-10-6-9(3)11(7-8(10)2)16(12,13)14/h1,6-7H,5H2,2-3H3,(H2,12,13,14). The third-order valence-corrected chi connectivity index (χ3v) is 3.14. The Morgan fingerprint density at radius 1 is 1.38 bits per heavy atom. The molecule has 0 unspecified atom stereocenters. The Balaban J connectivity index is 3.23. The average molecular weight is 239 g/mol. The van der Waals surface area contributed by atoms with Crippen molar-refractivity contribution in [2.45, 2.75) is 18.7 Å². The molecule has 0 saturated carbocycles. The van der Waals surface area contributed by atoms with Gasteiger partial charge in [-0.3, -0.25) is 0 Å².